The molecule has 1 fully saturated rings. The van der Waals surface area contributed by atoms with E-state index in [0.717, 1.165) is 16.8 Å². The average molecular weight is 286 g/mol. The molecule has 1 saturated carbocycles. The molecule has 1 aromatic carbocycles. The number of hydrogen-bond acceptors (Lipinski definition) is 3. The summed E-state index contributed by atoms with van der Waals surface area (Å²) < 4.78 is 0. The third-order valence-electron chi connectivity index (χ3n) is 4.51. The van der Waals surface area contributed by atoms with E-state index < -0.39 is 0 Å². The van der Waals surface area contributed by atoms with Crippen molar-refractivity contribution in [1.29, 1.82) is 0 Å². The molecule has 106 valence electrons. The molecule has 3 heteroatoms. The Balaban J connectivity index is 1.70. The lowest BCUT2D eigenvalue weighted by Gasteiger charge is -2.33. The van der Waals surface area contributed by atoms with Crippen LogP contribution in [0.1, 0.15) is 33.1 Å². The molecule has 2 aromatic rings. The Kier molecular flexibility index (Phi) is 4.06. The molecule has 1 aliphatic rings. The number of rotatable bonds is 3. The Morgan fingerprint density at radius 3 is 2.85 bits per heavy atom. The Labute approximate surface area is 125 Å². The molecule has 0 aliphatic heterocycles. The molecular weight excluding hydrogens is 264 g/mol. The molecule has 3 rings (SSSR count). The lowest BCUT2D eigenvalue weighted by Crippen LogP contribution is -2.30. The minimum atomic E-state index is 0.618. The van der Waals surface area contributed by atoms with Crippen LogP contribution in [0.5, 0.6) is 0 Å². The van der Waals surface area contributed by atoms with Crippen molar-refractivity contribution >= 4 is 17.0 Å². The first-order valence-electron chi connectivity index (χ1n) is 7.49. The number of nitrogens with one attached hydrogen (secondary N) is 1. The van der Waals surface area contributed by atoms with Gasteiger partial charge in [0.15, 0.2) is 0 Å². The first-order chi connectivity index (χ1) is 9.72. The third-order valence-corrected chi connectivity index (χ3v) is 5.33. The quantitative estimate of drug-likeness (QED) is 0.854. The molecule has 0 bridgehead atoms. The number of aromatic nitrogens is 1. The molecule has 1 aromatic heterocycles. The predicted octanol–water partition coefficient (Wildman–Crippen LogP) is 5.05. The second-order valence-corrected chi connectivity index (χ2v) is 6.92. The second kappa shape index (κ2) is 5.96. The van der Waals surface area contributed by atoms with E-state index in [-0.39, 0.29) is 0 Å². The van der Waals surface area contributed by atoms with E-state index in [1.165, 1.54) is 30.5 Å². The zero-order valence-corrected chi connectivity index (χ0v) is 13.0. The average Bonchev–Trinajstić information content (AvgIpc) is 2.97. The molecular formula is C17H22N2S. The van der Waals surface area contributed by atoms with Crippen molar-refractivity contribution < 1.29 is 0 Å². The van der Waals surface area contributed by atoms with Crippen molar-refractivity contribution in [3.05, 3.63) is 35.8 Å². The Hall–Kier alpha value is -1.35. The van der Waals surface area contributed by atoms with Crippen LogP contribution in [-0.4, -0.2) is 11.0 Å². The van der Waals surface area contributed by atoms with Gasteiger partial charge in [0.05, 0.1) is 0 Å². The van der Waals surface area contributed by atoms with Crippen molar-refractivity contribution in [3.63, 3.8) is 0 Å². The van der Waals surface area contributed by atoms with Gasteiger partial charge in [0.25, 0.3) is 0 Å². The van der Waals surface area contributed by atoms with Gasteiger partial charge in [-0.25, -0.2) is 4.98 Å². The predicted molar refractivity (Wildman–Crippen MR) is 87.1 cm³/mol. The minimum absolute atomic E-state index is 0.618. The lowest BCUT2D eigenvalue weighted by molar-refractivity contribution is 0.261. The van der Waals surface area contributed by atoms with Crippen LogP contribution in [0.4, 0.5) is 5.69 Å². The zero-order valence-electron chi connectivity index (χ0n) is 12.2. The molecule has 0 radical (unpaired) electrons. The van der Waals surface area contributed by atoms with Gasteiger partial charge in [0.2, 0.25) is 0 Å². The van der Waals surface area contributed by atoms with Gasteiger partial charge in [0.1, 0.15) is 5.01 Å². The Morgan fingerprint density at radius 1 is 1.20 bits per heavy atom. The minimum Gasteiger partial charge on any atom is -0.382 e. The number of nitrogens with zero attached hydrogens (tertiary/aromatic N) is 1. The van der Waals surface area contributed by atoms with Gasteiger partial charge in [-0.05, 0) is 43.2 Å². The van der Waals surface area contributed by atoms with Crippen LogP contribution in [-0.2, 0) is 0 Å². The highest BCUT2D eigenvalue weighted by molar-refractivity contribution is 7.13. The summed E-state index contributed by atoms with van der Waals surface area (Å²) in [5.41, 5.74) is 2.44. The van der Waals surface area contributed by atoms with Crippen LogP contribution < -0.4 is 5.32 Å². The summed E-state index contributed by atoms with van der Waals surface area (Å²) in [6.45, 7) is 4.76. The van der Waals surface area contributed by atoms with E-state index in [4.69, 9.17) is 0 Å². The van der Waals surface area contributed by atoms with Crippen molar-refractivity contribution in [1.82, 2.24) is 4.98 Å². The van der Waals surface area contributed by atoms with Crippen molar-refractivity contribution in [2.75, 3.05) is 5.32 Å². The highest BCUT2D eigenvalue weighted by Gasteiger charge is 2.24. The van der Waals surface area contributed by atoms with Crippen molar-refractivity contribution in [2.24, 2.45) is 11.8 Å². The fourth-order valence-electron chi connectivity index (χ4n) is 3.02. The van der Waals surface area contributed by atoms with Gasteiger partial charge in [-0.1, -0.05) is 26.0 Å². The second-order valence-electron chi connectivity index (χ2n) is 6.03. The van der Waals surface area contributed by atoms with E-state index in [1.54, 1.807) is 11.3 Å². The Morgan fingerprint density at radius 2 is 2.10 bits per heavy atom. The standard InChI is InChI=1S/C17H22N2S/c1-12-6-7-16(10-13(12)2)19-15-5-3-4-14(11-15)17-18-8-9-20-17/h3-5,8-9,11-13,16,19H,6-7,10H2,1-2H3. The lowest BCUT2D eigenvalue weighted by atomic mass is 9.79. The van der Waals surface area contributed by atoms with Crippen molar-refractivity contribution in [3.8, 4) is 10.6 Å². The van der Waals surface area contributed by atoms with Gasteiger partial charge in [-0.2, -0.15) is 0 Å². The molecule has 2 nitrogen and oxygen atoms in total. The molecule has 0 amide bonds. The molecule has 20 heavy (non-hydrogen) atoms. The maximum Gasteiger partial charge on any atom is 0.123 e. The maximum atomic E-state index is 4.39. The number of anilines is 1. The number of benzene rings is 1. The van der Waals surface area contributed by atoms with E-state index in [2.05, 4.69) is 48.4 Å². The highest BCUT2D eigenvalue weighted by atomic mass is 32.1. The first kappa shape index (κ1) is 13.6. The fourth-order valence-corrected chi connectivity index (χ4v) is 3.66. The maximum absolute atomic E-state index is 4.39. The Bertz CT molecular complexity index is 550. The van der Waals surface area contributed by atoms with Gasteiger partial charge in [-0.15, -0.1) is 11.3 Å². The summed E-state index contributed by atoms with van der Waals surface area (Å²) in [6.07, 6.45) is 5.77. The van der Waals surface area contributed by atoms with Gasteiger partial charge >= 0.3 is 0 Å². The summed E-state index contributed by atoms with van der Waals surface area (Å²) in [5, 5.41) is 6.83. The molecule has 0 saturated heterocycles. The number of thiazole rings is 1. The van der Waals surface area contributed by atoms with Crippen LogP contribution in [0, 0.1) is 11.8 Å². The van der Waals surface area contributed by atoms with Gasteiger partial charge in [0, 0.05) is 28.9 Å². The summed E-state index contributed by atoms with van der Waals surface area (Å²) in [7, 11) is 0. The van der Waals surface area contributed by atoms with E-state index >= 15 is 0 Å². The highest BCUT2D eigenvalue weighted by Crippen LogP contribution is 2.32. The third kappa shape index (κ3) is 3.04. The largest absolute Gasteiger partial charge is 0.382 e. The molecule has 3 unspecified atom stereocenters. The van der Waals surface area contributed by atoms with Crippen LogP contribution in [0.3, 0.4) is 0 Å². The van der Waals surface area contributed by atoms with E-state index in [0.29, 0.717) is 6.04 Å². The smallest absolute Gasteiger partial charge is 0.123 e. The first-order valence-corrected chi connectivity index (χ1v) is 8.37. The molecule has 3 atom stereocenters. The SMILES string of the molecule is CC1CCC(Nc2cccc(-c3nccs3)c2)CC1C. The van der Waals surface area contributed by atoms with E-state index in [9.17, 15) is 0 Å². The normalized spacial score (nSPS) is 26.4. The van der Waals surface area contributed by atoms with Crippen LogP contribution >= 0.6 is 11.3 Å². The topological polar surface area (TPSA) is 24.9 Å². The van der Waals surface area contributed by atoms with Crippen LogP contribution in [0.15, 0.2) is 35.8 Å². The fraction of sp³-hybridized carbons (Fsp3) is 0.471. The molecule has 0 spiro atoms. The summed E-state index contributed by atoms with van der Waals surface area (Å²) in [4.78, 5) is 4.39. The summed E-state index contributed by atoms with van der Waals surface area (Å²) in [5.74, 6) is 1.69. The van der Waals surface area contributed by atoms with Gasteiger partial charge in [-0.3, -0.25) is 0 Å². The molecule has 1 heterocycles. The van der Waals surface area contributed by atoms with E-state index in [1.807, 2.05) is 11.6 Å². The van der Waals surface area contributed by atoms with Crippen LogP contribution in [0.2, 0.25) is 0 Å². The summed E-state index contributed by atoms with van der Waals surface area (Å²) >= 11 is 1.69. The van der Waals surface area contributed by atoms with Gasteiger partial charge < -0.3 is 5.32 Å². The van der Waals surface area contributed by atoms with Crippen molar-refractivity contribution in [2.45, 2.75) is 39.2 Å². The molecule has 1 aliphatic carbocycles. The summed E-state index contributed by atoms with van der Waals surface area (Å²) in [6, 6.07) is 9.26. The monoisotopic (exact) mass is 286 g/mol. The number of hydrogen-bond donors (Lipinski definition) is 1. The molecule has 1 N–H and O–H groups in total. The zero-order chi connectivity index (χ0) is 13.9. The van der Waals surface area contributed by atoms with Crippen LogP contribution in [0.25, 0.3) is 10.6 Å².